The summed E-state index contributed by atoms with van der Waals surface area (Å²) >= 11 is 1.03. The number of aromatic nitrogens is 2. The topological polar surface area (TPSA) is 115 Å². The number of esters is 1. The molecular formula is C14H9N3O5S. The maximum atomic E-state index is 12.0. The third kappa shape index (κ3) is 2.94. The lowest BCUT2D eigenvalue weighted by Gasteiger charge is -2.04. The fraction of sp³-hybridized carbons (Fsp3) is 0.0714. The molecule has 23 heavy (non-hydrogen) atoms. The van der Waals surface area contributed by atoms with Gasteiger partial charge >= 0.3 is 10.8 Å². The molecule has 0 spiro atoms. The molecule has 2 aromatic heterocycles. The molecular weight excluding hydrogens is 322 g/mol. The minimum Gasteiger partial charge on any atom is -0.404 e. The van der Waals surface area contributed by atoms with Crippen LogP contribution in [0.2, 0.25) is 0 Å². The summed E-state index contributed by atoms with van der Waals surface area (Å²) in [5.74, 6) is -0.642. The number of hydrogen-bond donors (Lipinski definition) is 1. The van der Waals surface area contributed by atoms with Crippen molar-refractivity contribution in [3.8, 4) is 5.88 Å². The fourth-order valence-electron chi connectivity index (χ4n) is 1.98. The monoisotopic (exact) mass is 331 g/mol. The van der Waals surface area contributed by atoms with E-state index >= 15 is 0 Å². The number of hydrogen-bond acceptors (Lipinski definition) is 7. The van der Waals surface area contributed by atoms with E-state index in [1.165, 1.54) is 24.3 Å². The minimum atomic E-state index is -0.691. The summed E-state index contributed by atoms with van der Waals surface area (Å²) < 4.78 is 5.86. The molecule has 1 N–H and O–H groups in total. The Morgan fingerprint density at radius 1 is 1.35 bits per heavy atom. The summed E-state index contributed by atoms with van der Waals surface area (Å²) in [5, 5.41) is 10.6. The second-order valence-electron chi connectivity index (χ2n) is 4.66. The number of non-ortho nitro benzene ring substituents is 1. The zero-order valence-electron chi connectivity index (χ0n) is 11.7. The van der Waals surface area contributed by atoms with Crippen molar-refractivity contribution >= 4 is 33.3 Å². The van der Waals surface area contributed by atoms with Crippen LogP contribution in [0.15, 0.2) is 35.1 Å². The molecule has 0 aliphatic heterocycles. The number of nitrogens with zero attached hydrogens (tertiary/aromatic N) is 2. The van der Waals surface area contributed by atoms with Crippen molar-refractivity contribution in [2.24, 2.45) is 0 Å². The van der Waals surface area contributed by atoms with E-state index in [0.29, 0.717) is 10.3 Å². The van der Waals surface area contributed by atoms with Crippen molar-refractivity contribution in [1.82, 2.24) is 9.97 Å². The first-order chi connectivity index (χ1) is 10.9. The van der Waals surface area contributed by atoms with Gasteiger partial charge in [0.1, 0.15) is 0 Å². The van der Waals surface area contributed by atoms with Crippen LogP contribution in [0.5, 0.6) is 5.88 Å². The second-order valence-corrected chi connectivity index (χ2v) is 5.65. The van der Waals surface area contributed by atoms with Crippen molar-refractivity contribution in [3.05, 3.63) is 61.2 Å². The molecule has 9 heteroatoms. The third-order valence-corrected chi connectivity index (χ3v) is 4.07. The van der Waals surface area contributed by atoms with E-state index in [1.807, 2.05) is 0 Å². The lowest BCUT2D eigenvalue weighted by atomic mass is 10.2. The molecule has 0 radical (unpaired) electrons. The van der Waals surface area contributed by atoms with Gasteiger partial charge in [-0.05, 0) is 24.6 Å². The summed E-state index contributed by atoms with van der Waals surface area (Å²) in [5.41, 5.74) is 1.15. The van der Waals surface area contributed by atoms with E-state index in [4.69, 9.17) is 4.74 Å². The van der Waals surface area contributed by atoms with Crippen LogP contribution in [-0.4, -0.2) is 20.9 Å². The van der Waals surface area contributed by atoms with Gasteiger partial charge in [-0.15, -0.1) is 0 Å². The first-order valence-corrected chi connectivity index (χ1v) is 7.23. The van der Waals surface area contributed by atoms with Crippen molar-refractivity contribution < 1.29 is 14.5 Å². The second kappa shape index (κ2) is 5.61. The summed E-state index contributed by atoms with van der Waals surface area (Å²) in [7, 11) is 0. The van der Waals surface area contributed by atoms with Gasteiger partial charge < -0.3 is 4.74 Å². The molecule has 0 aliphatic rings. The molecule has 3 aromatic rings. The van der Waals surface area contributed by atoms with E-state index in [0.717, 1.165) is 16.9 Å². The molecule has 3 rings (SSSR count). The maximum absolute atomic E-state index is 12.0. The Kier molecular flexibility index (Phi) is 3.62. The van der Waals surface area contributed by atoms with Gasteiger partial charge in [0.15, 0.2) is 5.65 Å². The van der Waals surface area contributed by atoms with Gasteiger partial charge in [-0.2, -0.15) is 4.98 Å². The molecule has 0 fully saturated rings. The zero-order valence-corrected chi connectivity index (χ0v) is 12.5. The Morgan fingerprint density at radius 2 is 2.04 bits per heavy atom. The number of carbonyl (C=O) groups is 1. The molecule has 0 unspecified atom stereocenters. The number of aryl methyl sites for hydroxylation is 1. The van der Waals surface area contributed by atoms with Crippen LogP contribution in [0, 0.1) is 17.0 Å². The summed E-state index contributed by atoms with van der Waals surface area (Å²) in [4.78, 5) is 39.8. The molecule has 8 nitrogen and oxygen atoms in total. The number of nitrogens with one attached hydrogen (secondary N) is 1. The lowest BCUT2D eigenvalue weighted by molar-refractivity contribution is -0.384. The largest absolute Gasteiger partial charge is 0.404 e. The van der Waals surface area contributed by atoms with E-state index in [-0.39, 0.29) is 22.0 Å². The van der Waals surface area contributed by atoms with Gasteiger partial charge in [-0.3, -0.25) is 19.9 Å². The first kappa shape index (κ1) is 14.9. The predicted molar refractivity (Wildman–Crippen MR) is 83.0 cm³/mol. The van der Waals surface area contributed by atoms with Gasteiger partial charge in [0.2, 0.25) is 5.88 Å². The number of benzene rings is 1. The van der Waals surface area contributed by atoms with Gasteiger partial charge in [-0.25, -0.2) is 4.79 Å². The Hall–Kier alpha value is -3.07. The smallest absolute Gasteiger partial charge is 0.344 e. The van der Waals surface area contributed by atoms with E-state index < -0.39 is 10.9 Å². The van der Waals surface area contributed by atoms with E-state index in [9.17, 15) is 19.7 Å². The third-order valence-electron chi connectivity index (χ3n) is 3.06. The summed E-state index contributed by atoms with van der Waals surface area (Å²) in [6, 6.07) is 6.59. The van der Waals surface area contributed by atoms with Gasteiger partial charge in [0.05, 0.1) is 15.2 Å². The Morgan fingerprint density at radius 3 is 2.70 bits per heavy atom. The molecule has 116 valence electrons. The van der Waals surface area contributed by atoms with Crippen LogP contribution in [0.25, 0.3) is 10.3 Å². The number of nitro benzene ring substituents is 1. The summed E-state index contributed by atoms with van der Waals surface area (Å²) in [6.07, 6.45) is 0. The number of pyridine rings is 1. The maximum Gasteiger partial charge on any atom is 0.344 e. The average Bonchev–Trinajstić information content (AvgIpc) is 2.88. The normalized spacial score (nSPS) is 10.7. The lowest BCUT2D eigenvalue weighted by Crippen LogP contribution is -2.09. The van der Waals surface area contributed by atoms with Gasteiger partial charge in [-0.1, -0.05) is 11.3 Å². The number of nitro groups is 1. The minimum absolute atomic E-state index is 0.0485. The van der Waals surface area contributed by atoms with Crippen molar-refractivity contribution in [3.63, 3.8) is 0 Å². The molecule has 0 saturated heterocycles. The van der Waals surface area contributed by atoms with Crippen LogP contribution >= 0.6 is 11.3 Å². The molecule has 1 aromatic carbocycles. The number of aromatic amines is 1. The Balaban J connectivity index is 1.87. The number of rotatable bonds is 3. The number of fused-ring (bicyclic) bond motifs is 1. The van der Waals surface area contributed by atoms with Crippen LogP contribution in [0.1, 0.15) is 15.9 Å². The highest BCUT2D eigenvalue weighted by Crippen LogP contribution is 2.22. The van der Waals surface area contributed by atoms with Gasteiger partial charge in [0.25, 0.3) is 5.69 Å². The van der Waals surface area contributed by atoms with Crippen LogP contribution < -0.4 is 9.61 Å². The molecule has 0 amide bonds. The Labute approximate surface area is 132 Å². The predicted octanol–water partition coefficient (Wildman–Crippen LogP) is 2.42. The molecule has 0 saturated carbocycles. The fourth-order valence-corrected chi connectivity index (χ4v) is 2.73. The standard InChI is InChI=1S/C14H9N3O5S/c1-7-6-10(15-12-11(7)23-14(19)16-12)22-13(18)8-2-4-9(5-3-8)17(20)21/h2-6H,1H3,(H,15,16,19). The van der Waals surface area contributed by atoms with Crippen molar-refractivity contribution in [2.45, 2.75) is 6.92 Å². The highest BCUT2D eigenvalue weighted by molar-refractivity contribution is 7.16. The van der Waals surface area contributed by atoms with Crippen LogP contribution in [0.3, 0.4) is 0 Å². The van der Waals surface area contributed by atoms with Crippen LogP contribution in [-0.2, 0) is 0 Å². The highest BCUT2D eigenvalue weighted by Gasteiger charge is 2.14. The molecule has 0 aliphatic carbocycles. The van der Waals surface area contributed by atoms with Crippen molar-refractivity contribution in [2.75, 3.05) is 0 Å². The molecule has 2 heterocycles. The average molecular weight is 331 g/mol. The van der Waals surface area contributed by atoms with Crippen LogP contribution in [0.4, 0.5) is 5.69 Å². The number of carbonyl (C=O) groups excluding carboxylic acids is 1. The number of ether oxygens (including phenoxy) is 1. The SMILES string of the molecule is Cc1cc(OC(=O)c2ccc([N+](=O)[O-])cc2)nc2[nH]c(=O)sc12. The quantitative estimate of drug-likeness (QED) is 0.448. The van der Waals surface area contributed by atoms with E-state index in [1.54, 1.807) is 13.0 Å². The molecule has 0 bridgehead atoms. The van der Waals surface area contributed by atoms with E-state index in [2.05, 4.69) is 9.97 Å². The zero-order chi connectivity index (χ0) is 16.6. The van der Waals surface area contributed by atoms with Crippen molar-refractivity contribution in [1.29, 1.82) is 0 Å². The number of thiazole rings is 1. The summed E-state index contributed by atoms with van der Waals surface area (Å²) in [6.45, 7) is 1.77. The van der Waals surface area contributed by atoms with Gasteiger partial charge in [0, 0.05) is 18.2 Å². The molecule has 0 atom stereocenters. The number of H-pyrrole nitrogens is 1. The Bertz CT molecular complexity index is 974. The highest BCUT2D eigenvalue weighted by atomic mass is 32.1. The first-order valence-electron chi connectivity index (χ1n) is 6.41.